The van der Waals surface area contributed by atoms with Crippen LogP contribution in [0.2, 0.25) is 0 Å². The van der Waals surface area contributed by atoms with Gasteiger partial charge in [0.05, 0.1) is 19.5 Å². The summed E-state index contributed by atoms with van der Waals surface area (Å²) in [5.74, 6) is 11.4. The molecule has 4 nitrogen and oxygen atoms in total. The van der Waals surface area contributed by atoms with E-state index < -0.39 is 0 Å². The maximum Gasteiger partial charge on any atom is 0.176 e. The second-order valence-corrected chi connectivity index (χ2v) is 3.24. The topological polar surface area (TPSA) is 55.0 Å². The monoisotopic (exact) mass is 174 g/mol. The third-order valence-corrected chi connectivity index (χ3v) is 2.31. The van der Waals surface area contributed by atoms with Gasteiger partial charge in [0.25, 0.3) is 0 Å². The lowest BCUT2D eigenvalue weighted by Crippen LogP contribution is -2.55. The number of hydrazone groups is 1. The Balaban J connectivity index is 3.65. The van der Waals surface area contributed by atoms with Gasteiger partial charge in [-0.2, -0.15) is 5.84 Å². The summed E-state index contributed by atoms with van der Waals surface area (Å²) in [6.07, 6.45) is 0.998. The normalized spacial score (nSPS) is 11.6. The molecular formula is C8H22N4+2. The highest BCUT2D eigenvalue weighted by Crippen LogP contribution is 1.98. The molecule has 0 aromatic rings. The highest BCUT2D eigenvalue weighted by molar-refractivity contribution is 5.13. The standard InChI is InChI=1S/C8H22N4/c1-4-12(10,5-2)8-6-7-11(3)9/h3-10H2,1-2H3/q+2. The molecule has 0 atom stereocenters. The molecule has 0 rings (SSSR count). The molecule has 0 fully saturated rings. The Morgan fingerprint density at radius 2 is 1.83 bits per heavy atom. The van der Waals surface area contributed by atoms with Gasteiger partial charge in [-0.1, -0.05) is 0 Å². The second kappa shape index (κ2) is 5.11. The van der Waals surface area contributed by atoms with Crippen molar-refractivity contribution >= 4 is 6.72 Å². The minimum absolute atomic E-state index is 0.633. The first-order valence-electron chi connectivity index (χ1n) is 4.51. The third kappa shape index (κ3) is 4.31. The number of rotatable bonds is 6. The van der Waals surface area contributed by atoms with E-state index in [9.17, 15) is 0 Å². The summed E-state index contributed by atoms with van der Waals surface area (Å²) in [5.41, 5.74) is 0. The van der Waals surface area contributed by atoms with Crippen LogP contribution in [0.3, 0.4) is 0 Å². The van der Waals surface area contributed by atoms with Gasteiger partial charge >= 0.3 is 0 Å². The van der Waals surface area contributed by atoms with Crippen LogP contribution in [-0.4, -0.2) is 42.2 Å². The predicted molar refractivity (Wildman–Crippen MR) is 51.4 cm³/mol. The van der Waals surface area contributed by atoms with Crippen LogP contribution in [0.15, 0.2) is 0 Å². The lowest BCUT2D eigenvalue weighted by Gasteiger charge is -2.29. The molecule has 0 spiro atoms. The fourth-order valence-electron chi connectivity index (χ4n) is 1.13. The van der Waals surface area contributed by atoms with Gasteiger partial charge in [0.15, 0.2) is 13.3 Å². The van der Waals surface area contributed by atoms with Crippen molar-refractivity contribution in [2.45, 2.75) is 20.3 Å². The van der Waals surface area contributed by atoms with Gasteiger partial charge in [0, 0.05) is 0 Å². The summed E-state index contributed by atoms with van der Waals surface area (Å²) in [6.45, 7) is 11.5. The molecule has 4 heteroatoms. The van der Waals surface area contributed by atoms with Crippen molar-refractivity contribution in [3.8, 4) is 0 Å². The van der Waals surface area contributed by atoms with E-state index in [1.165, 1.54) is 4.68 Å². The molecule has 0 aromatic carbocycles. The van der Waals surface area contributed by atoms with E-state index in [1.54, 1.807) is 0 Å². The maximum atomic E-state index is 6.04. The highest BCUT2D eigenvalue weighted by Gasteiger charge is 2.17. The molecule has 0 saturated heterocycles. The first kappa shape index (κ1) is 11.4. The van der Waals surface area contributed by atoms with Crippen LogP contribution in [0.25, 0.3) is 0 Å². The SMILES string of the molecule is C=[N+](N)CCC[N+](N)(CC)CC. The molecule has 0 aliphatic rings. The molecule has 0 aliphatic heterocycles. The van der Waals surface area contributed by atoms with Crippen molar-refractivity contribution in [1.29, 1.82) is 0 Å². The third-order valence-electron chi connectivity index (χ3n) is 2.31. The summed E-state index contributed by atoms with van der Waals surface area (Å²) in [7, 11) is 0. The van der Waals surface area contributed by atoms with Crippen molar-refractivity contribution < 1.29 is 9.28 Å². The fraction of sp³-hybridized carbons (Fsp3) is 0.875. The Morgan fingerprint density at radius 1 is 1.33 bits per heavy atom. The zero-order valence-electron chi connectivity index (χ0n) is 8.29. The van der Waals surface area contributed by atoms with E-state index in [0.29, 0.717) is 4.59 Å². The molecule has 72 valence electrons. The van der Waals surface area contributed by atoms with E-state index in [4.69, 9.17) is 11.7 Å². The summed E-state index contributed by atoms with van der Waals surface area (Å²) >= 11 is 0. The number of hydrogen-bond acceptors (Lipinski definition) is 2. The van der Waals surface area contributed by atoms with Gasteiger partial charge < -0.3 is 0 Å². The largest absolute Gasteiger partial charge is 0.248 e. The van der Waals surface area contributed by atoms with Crippen LogP contribution in [-0.2, 0) is 0 Å². The molecule has 0 amide bonds. The van der Waals surface area contributed by atoms with Gasteiger partial charge in [-0.05, 0) is 13.8 Å². The number of hydrogen-bond donors (Lipinski definition) is 2. The molecule has 4 N–H and O–H groups in total. The zero-order chi connectivity index (χ0) is 9.61. The molecule has 0 unspecified atom stereocenters. The van der Waals surface area contributed by atoms with Gasteiger partial charge in [-0.15, -0.1) is 4.68 Å². The number of nitrogens with zero attached hydrogens (tertiary/aromatic N) is 2. The van der Waals surface area contributed by atoms with E-state index >= 15 is 0 Å². The molecule has 12 heavy (non-hydrogen) atoms. The summed E-state index contributed by atoms with van der Waals surface area (Å²) < 4.78 is 2.09. The van der Waals surface area contributed by atoms with E-state index in [-0.39, 0.29) is 0 Å². The van der Waals surface area contributed by atoms with Gasteiger partial charge in [0.2, 0.25) is 0 Å². The first-order chi connectivity index (χ1) is 5.54. The average molecular weight is 174 g/mol. The average Bonchev–Trinajstić information content (AvgIpc) is 2.03. The minimum atomic E-state index is 0.633. The Morgan fingerprint density at radius 3 is 2.17 bits per heavy atom. The Hall–Kier alpha value is -0.610. The van der Waals surface area contributed by atoms with E-state index in [0.717, 1.165) is 32.6 Å². The van der Waals surface area contributed by atoms with Crippen molar-refractivity contribution in [3.63, 3.8) is 0 Å². The Bertz CT molecular complexity index is 140. The van der Waals surface area contributed by atoms with E-state index in [1.807, 2.05) is 0 Å². The van der Waals surface area contributed by atoms with E-state index in [2.05, 4.69) is 20.6 Å². The van der Waals surface area contributed by atoms with Crippen LogP contribution in [0.5, 0.6) is 0 Å². The van der Waals surface area contributed by atoms with Crippen LogP contribution < -0.4 is 11.7 Å². The van der Waals surface area contributed by atoms with Crippen LogP contribution in [0.1, 0.15) is 20.3 Å². The molecule has 0 aliphatic carbocycles. The second-order valence-electron chi connectivity index (χ2n) is 3.24. The minimum Gasteiger partial charge on any atom is -0.248 e. The molecule has 0 radical (unpaired) electrons. The van der Waals surface area contributed by atoms with Crippen molar-refractivity contribution in [3.05, 3.63) is 0 Å². The van der Waals surface area contributed by atoms with Crippen molar-refractivity contribution in [2.75, 3.05) is 26.2 Å². The highest BCUT2D eigenvalue weighted by atomic mass is 15.6. The maximum absolute atomic E-state index is 6.04. The number of hydrazine groups is 1. The molecule has 0 saturated carbocycles. The van der Waals surface area contributed by atoms with Crippen molar-refractivity contribution in [1.82, 2.24) is 0 Å². The lowest BCUT2D eigenvalue weighted by atomic mass is 10.3. The zero-order valence-corrected chi connectivity index (χ0v) is 8.29. The Labute approximate surface area is 75.0 Å². The summed E-state index contributed by atoms with van der Waals surface area (Å²) in [6, 6.07) is 0. The quantitative estimate of drug-likeness (QED) is 0.191. The number of nitrogens with two attached hydrogens (primary N) is 2. The lowest BCUT2D eigenvalue weighted by molar-refractivity contribution is -0.937. The van der Waals surface area contributed by atoms with Crippen LogP contribution >= 0.6 is 0 Å². The first-order valence-corrected chi connectivity index (χ1v) is 4.51. The Kier molecular flexibility index (Phi) is 4.85. The van der Waals surface area contributed by atoms with Gasteiger partial charge in [0.1, 0.15) is 6.54 Å². The predicted octanol–water partition coefficient (Wildman–Crippen LogP) is -0.306. The molecule has 0 aromatic heterocycles. The molecule has 0 heterocycles. The van der Waals surface area contributed by atoms with Gasteiger partial charge in [-0.3, -0.25) is 0 Å². The smallest absolute Gasteiger partial charge is 0.176 e. The van der Waals surface area contributed by atoms with Gasteiger partial charge in [-0.25, -0.2) is 10.4 Å². The van der Waals surface area contributed by atoms with Crippen LogP contribution in [0.4, 0.5) is 0 Å². The summed E-state index contributed by atoms with van der Waals surface area (Å²) in [4.78, 5) is 0. The van der Waals surface area contributed by atoms with Crippen molar-refractivity contribution in [2.24, 2.45) is 11.7 Å². The summed E-state index contributed by atoms with van der Waals surface area (Å²) in [5, 5.41) is 0. The number of quaternary nitrogens is 1. The van der Waals surface area contributed by atoms with Crippen LogP contribution in [0, 0.1) is 0 Å². The molecular weight excluding hydrogens is 152 g/mol. The fourth-order valence-corrected chi connectivity index (χ4v) is 1.13. The molecule has 0 bridgehead atoms.